The monoisotopic (exact) mass is 423 g/mol. The lowest BCUT2D eigenvalue weighted by molar-refractivity contribution is -0.142. The highest BCUT2D eigenvalue weighted by Gasteiger charge is 2.12. The van der Waals surface area contributed by atoms with Gasteiger partial charge in [-0.1, -0.05) is 34.9 Å². The first-order valence-electron chi connectivity index (χ1n) is 10.1. The Hall–Kier alpha value is -1.82. The van der Waals surface area contributed by atoms with Crippen LogP contribution in [0.1, 0.15) is 66.2 Å². The summed E-state index contributed by atoms with van der Waals surface area (Å²) in [6.45, 7) is 8.56. The molecule has 0 aliphatic heterocycles. The Kier molecular flexibility index (Phi) is 16.0. The summed E-state index contributed by atoms with van der Waals surface area (Å²) >= 11 is 1.60. The van der Waals surface area contributed by atoms with E-state index >= 15 is 0 Å². The van der Waals surface area contributed by atoms with Gasteiger partial charge >= 0.3 is 5.97 Å². The number of hydrogen-bond donors (Lipinski definition) is 1. The number of methoxy groups -OCH3 is 1. The van der Waals surface area contributed by atoms with Crippen molar-refractivity contribution in [3.8, 4) is 0 Å². The summed E-state index contributed by atoms with van der Waals surface area (Å²) in [6.07, 6.45) is 11.8. The number of ether oxygens (including phenoxy) is 1. The minimum atomic E-state index is -0.537. The fourth-order valence-electron chi connectivity index (χ4n) is 2.45. The van der Waals surface area contributed by atoms with Crippen molar-refractivity contribution in [3.05, 3.63) is 34.9 Å². The third-order valence-electron chi connectivity index (χ3n) is 4.26. The van der Waals surface area contributed by atoms with Crippen LogP contribution in [0.25, 0.3) is 0 Å². The van der Waals surface area contributed by atoms with Crippen LogP contribution in [0.4, 0.5) is 0 Å². The molecule has 1 amide bonds. The molecule has 0 heterocycles. The Labute approximate surface area is 180 Å². The molecule has 0 aromatic rings. The minimum absolute atomic E-state index is 0.0197. The Morgan fingerprint density at radius 2 is 1.55 bits per heavy atom. The maximum absolute atomic E-state index is 11.7. The molecule has 5 nitrogen and oxygen atoms in total. The molecule has 0 aromatic heterocycles. The summed E-state index contributed by atoms with van der Waals surface area (Å²) in [4.78, 5) is 33.9. The first-order valence-corrected chi connectivity index (χ1v) is 11.3. The molecular formula is C23H37NO4S. The van der Waals surface area contributed by atoms with Crippen LogP contribution in [-0.2, 0) is 19.1 Å². The van der Waals surface area contributed by atoms with E-state index in [1.807, 2.05) is 0 Å². The quantitative estimate of drug-likeness (QED) is 0.178. The van der Waals surface area contributed by atoms with Gasteiger partial charge in [0.05, 0.1) is 19.6 Å². The van der Waals surface area contributed by atoms with Crippen LogP contribution in [0.2, 0.25) is 0 Å². The molecule has 0 saturated carbocycles. The molecule has 0 rings (SSSR count). The van der Waals surface area contributed by atoms with Crippen molar-refractivity contribution in [2.24, 2.45) is 0 Å². The van der Waals surface area contributed by atoms with E-state index in [9.17, 15) is 14.4 Å². The van der Waals surface area contributed by atoms with E-state index < -0.39 is 12.0 Å². The van der Waals surface area contributed by atoms with E-state index in [1.54, 1.807) is 11.8 Å². The molecule has 0 aliphatic rings. The molecule has 164 valence electrons. The Morgan fingerprint density at radius 1 is 0.931 bits per heavy atom. The number of esters is 1. The Morgan fingerprint density at radius 3 is 2.14 bits per heavy atom. The smallest absolute Gasteiger partial charge is 0.306 e. The molecule has 0 saturated heterocycles. The summed E-state index contributed by atoms with van der Waals surface area (Å²) < 4.78 is 4.50. The number of nitrogens with one attached hydrogen (secondary N) is 1. The fourth-order valence-corrected chi connectivity index (χ4v) is 3.40. The third kappa shape index (κ3) is 16.8. The van der Waals surface area contributed by atoms with Crippen LogP contribution >= 0.6 is 11.8 Å². The standard InChI is InChI=1S/C23H37NO4S/c1-18(2)8-6-9-19(3)10-7-11-20(4)14-15-29-17-21(16-25)24-22(26)12-13-23(27)28-5/h8,10,14,16,21H,6-7,9,11-13,15,17H2,1-5H3,(H,24,26)/b19-10+,20-14+. The number of thioether (sulfide) groups is 1. The van der Waals surface area contributed by atoms with Crippen molar-refractivity contribution in [2.45, 2.75) is 72.3 Å². The van der Waals surface area contributed by atoms with Gasteiger partial charge in [0.1, 0.15) is 6.29 Å². The van der Waals surface area contributed by atoms with Crippen LogP contribution in [0, 0.1) is 0 Å². The van der Waals surface area contributed by atoms with Gasteiger partial charge in [-0.25, -0.2) is 0 Å². The SMILES string of the molecule is COC(=O)CCC(=O)NC(C=O)CSC/C=C(\C)CC/C=C(\C)CCC=C(C)C. The first kappa shape index (κ1) is 27.2. The van der Waals surface area contributed by atoms with Crippen LogP contribution in [0.5, 0.6) is 0 Å². The number of hydrogen-bond acceptors (Lipinski definition) is 5. The lowest BCUT2D eigenvalue weighted by atomic mass is 10.1. The molecule has 0 fully saturated rings. The summed E-state index contributed by atoms with van der Waals surface area (Å²) in [6, 6.07) is -0.537. The van der Waals surface area contributed by atoms with Gasteiger partial charge in [0.15, 0.2) is 0 Å². The number of aldehydes is 1. The molecule has 29 heavy (non-hydrogen) atoms. The fraction of sp³-hybridized carbons (Fsp3) is 0.609. The molecule has 0 radical (unpaired) electrons. The van der Waals surface area contributed by atoms with Gasteiger partial charge in [0.25, 0.3) is 0 Å². The third-order valence-corrected chi connectivity index (χ3v) is 5.26. The van der Waals surface area contributed by atoms with E-state index in [0.29, 0.717) is 5.75 Å². The summed E-state index contributed by atoms with van der Waals surface area (Å²) in [5.74, 6) is 0.570. The molecule has 0 spiro atoms. The van der Waals surface area contributed by atoms with Crippen molar-refractivity contribution in [2.75, 3.05) is 18.6 Å². The van der Waals surface area contributed by atoms with Gasteiger partial charge in [-0.05, 0) is 53.4 Å². The van der Waals surface area contributed by atoms with E-state index in [4.69, 9.17) is 0 Å². The zero-order valence-electron chi connectivity index (χ0n) is 18.6. The van der Waals surface area contributed by atoms with E-state index in [1.165, 1.54) is 23.8 Å². The molecule has 0 bridgehead atoms. The predicted octanol–water partition coefficient (Wildman–Crippen LogP) is 4.78. The number of carbonyl (C=O) groups excluding carboxylic acids is 3. The van der Waals surface area contributed by atoms with Crippen LogP contribution in [0.3, 0.4) is 0 Å². The molecule has 1 atom stereocenters. The summed E-state index contributed by atoms with van der Waals surface area (Å²) in [5, 5.41) is 2.64. The number of rotatable bonds is 15. The van der Waals surface area contributed by atoms with Gasteiger partial charge in [0.2, 0.25) is 5.91 Å². The highest BCUT2D eigenvalue weighted by Crippen LogP contribution is 2.13. The Bertz CT molecular complexity index is 604. The van der Waals surface area contributed by atoms with Crippen LogP contribution < -0.4 is 5.32 Å². The highest BCUT2D eigenvalue weighted by atomic mass is 32.2. The lowest BCUT2D eigenvalue weighted by Crippen LogP contribution is -2.38. The average molecular weight is 424 g/mol. The normalized spacial score (nSPS) is 12.9. The van der Waals surface area contributed by atoms with Crippen molar-refractivity contribution in [1.82, 2.24) is 5.32 Å². The van der Waals surface area contributed by atoms with E-state index in [0.717, 1.165) is 37.7 Å². The zero-order valence-corrected chi connectivity index (χ0v) is 19.4. The maximum atomic E-state index is 11.7. The van der Waals surface area contributed by atoms with Crippen molar-refractivity contribution >= 4 is 29.9 Å². The second kappa shape index (κ2) is 17.1. The average Bonchev–Trinajstić information content (AvgIpc) is 2.67. The number of allylic oxidation sites excluding steroid dienone is 5. The topological polar surface area (TPSA) is 72.5 Å². The van der Waals surface area contributed by atoms with Gasteiger partial charge in [0, 0.05) is 17.9 Å². The predicted molar refractivity (Wildman–Crippen MR) is 122 cm³/mol. The molecule has 1 N–H and O–H groups in total. The number of carbonyl (C=O) groups is 3. The Balaban J connectivity index is 4.07. The van der Waals surface area contributed by atoms with Gasteiger partial charge in [-0.3, -0.25) is 9.59 Å². The molecule has 6 heteroatoms. The molecular weight excluding hydrogens is 386 g/mol. The van der Waals surface area contributed by atoms with Crippen molar-refractivity contribution in [3.63, 3.8) is 0 Å². The zero-order chi connectivity index (χ0) is 22.1. The second-order valence-corrected chi connectivity index (χ2v) is 8.46. The largest absolute Gasteiger partial charge is 0.469 e. The first-order chi connectivity index (χ1) is 13.8. The molecule has 0 aliphatic carbocycles. The van der Waals surface area contributed by atoms with Gasteiger partial charge in [-0.2, -0.15) is 11.8 Å². The highest BCUT2D eigenvalue weighted by molar-refractivity contribution is 7.99. The summed E-state index contributed by atoms with van der Waals surface area (Å²) in [7, 11) is 1.28. The van der Waals surface area contributed by atoms with Crippen LogP contribution in [0.15, 0.2) is 34.9 Å². The van der Waals surface area contributed by atoms with Crippen molar-refractivity contribution < 1.29 is 19.1 Å². The lowest BCUT2D eigenvalue weighted by Gasteiger charge is -2.11. The van der Waals surface area contributed by atoms with Gasteiger partial charge in [-0.15, -0.1) is 0 Å². The van der Waals surface area contributed by atoms with E-state index in [2.05, 4.69) is 56.0 Å². The minimum Gasteiger partial charge on any atom is -0.469 e. The van der Waals surface area contributed by atoms with Gasteiger partial charge < -0.3 is 14.8 Å². The van der Waals surface area contributed by atoms with E-state index in [-0.39, 0.29) is 18.7 Å². The van der Waals surface area contributed by atoms with Crippen molar-refractivity contribution in [1.29, 1.82) is 0 Å². The number of amides is 1. The summed E-state index contributed by atoms with van der Waals surface area (Å²) in [5.41, 5.74) is 4.13. The molecule has 1 unspecified atom stereocenters. The second-order valence-electron chi connectivity index (χ2n) is 7.38. The molecule has 0 aromatic carbocycles. The van der Waals surface area contributed by atoms with Crippen LogP contribution in [-0.4, -0.2) is 42.8 Å². The maximum Gasteiger partial charge on any atom is 0.306 e.